The standard InChI is InChI=1S/C21H23FN4O3S/c1-29-17-10-14(2-3-16(17)22)11-21(7-5-19(28)25-21)6-4-18(27)23-12-15-13-26-8-9-30-20(26)24-15/h2-3,8-10,13H,4-7,11-12H2,1H3,(H,23,27)(H,25,28). The van der Waals surface area contributed by atoms with E-state index in [9.17, 15) is 14.0 Å². The van der Waals surface area contributed by atoms with E-state index in [0.717, 1.165) is 16.2 Å². The maximum Gasteiger partial charge on any atom is 0.220 e. The molecule has 2 aromatic heterocycles. The number of nitrogens with one attached hydrogen (secondary N) is 2. The number of fused-ring (bicyclic) bond motifs is 1. The lowest BCUT2D eigenvalue weighted by molar-refractivity contribution is -0.122. The molecule has 1 saturated heterocycles. The third kappa shape index (κ3) is 4.46. The monoisotopic (exact) mass is 430 g/mol. The van der Waals surface area contributed by atoms with Gasteiger partial charge in [-0.05, 0) is 37.0 Å². The van der Waals surface area contributed by atoms with Gasteiger partial charge in [-0.1, -0.05) is 6.07 Å². The minimum absolute atomic E-state index is 0.0254. The fourth-order valence-electron chi connectivity index (χ4n) is 3.88. The first-order valence-corrected chi connectivity index (χ1v) is 10.7. The van der Waals surface area contributed by atoms with Crippen LogP contribution in [0.1, 0.15) is 36.9 Å². The first-order chi connectivity index (χ1) is 14.5. The summed E-state index contributed by atoms with van der Waals surface area (Å²) >= 11 is 1.54. The molecule has 1 aromatic carbocycles. The van der Waals surface area contributed by atoms with E-state index in [2.05, 4.69) is 15.6 Å². The Labute approximate surface area is 177 Å². The molecule has 9 heteroatoms. The topological polar surface area (TPSA) is 84.7 Å². The SMILES string of the molecule is COc1cc(CC2(CCC(=O)NCc3cn4ccsc4n3)CCC(=O)N2)ccc1F. The first kappa shape index (κ1) is 20.3. The Morgan fingerprint density at radius 3 is 3.07 bits per heavy atom. The van der Waals surface area contributed by atoms with Gasteiger partial charge in [0.2, 0.25) is 11.8 Å². The van der Waals surface area contributed by atoms with Crippen molar-refractivity contribution in [2.75, 3.05) is 7.11 Å². The zero-order chi connectivity index (χ0) is 21.1. The molecule has 30 heavy (non-hydrogen) atoms. The van der Waals surface area contributed by atoms with E-state index in [1.165, 1.54) is 24.5 Å². The molecule has 0 radical (unpaired) electrons. The molecule has 2 amide bonds. The van der Waals surface area contributed by atoms with Crippen LogP contribution in [-0.2, 0) is 22.6 Å². The molecule has 0 bridgehead atoms. The Balaban J connectivity index is 1.37. The number of amides is 2. The first-order valence-electron chi connectivity index (χ1n) is 9.78. The number of hydrogen-bond donors (Lipinski definition) is 2. The highest BCUT2D eigenvalue weighted by Gasteiger charge is 2.38. The van der Waals surface area contributed by atoms with E-state index in [-0.39, 0.29) is 24.0 Å². The van der Waals surface area contributed by atoms with Gasteiger partial charge in [-0.15, -0.1) is 11.3 Å². The van der Waals surface area contributed by atoms with Crippen LogP contribution in [-0.4, -0.2) is 33.8 Å². The second-order valence-electron chi connectivity index (χ2n) is 7.58. The highest BCUT2D eigenvalue weighted by Crippen LogP contribution is 2.31. The van der Waals surface area contributed by atoms with Crippen LogP contribution in [0.25, 0.3) is 4.96 Å². The molecule has 1 atom stereocenters. The molecule has 1 fully saturated rings. The zero-order valence-corrected chi connectivity index (χ0v) is 17.4. The van der Waals surface area contributed by atoms with E-state index in [0.29, 0.717) is 32.2 Å². The van der Waals surface area contributed by atoms with E-state index in [1.807, 2.05) is 22.2 Å². The number of carbonyl (C=O) groups excluding carboxylic acids is 2. The Bertz CT molecular complexity index is 1050. The number of halogens is 1. The quantitative estimate of drug-likeness (QED) is 0.576. The highest BCUT2D eigenvalue weighted by atomic mass is 32.1. The molecule has 3 heterocycles. The van der Waals surface area contributed by atoms with Crippen molar-refractivity contribution in [3.63, 3.8) is 0 Å². The molecule has 7 nitrogen and oxygen atoms in total. The van der Waals surface area contributed by atoms with Gasteiger partial charge in [0.25, 0.3) is 0 Å². The fourth-order valence-corrected chi connectivity index (χ4v) is 4.60. The van der Waals surface area contributed by atoms with Crippen LogP contribution in [0, 0.1) is 5.82 Å². The van der Waals surface area contributed by atoms with Crippen LogP contribution in [0.4, 0.5) is 4.39 Å². The third-order valence-electron chi connectivity index (χ3n) is 5.43. The van der Waals surface area contributed by atoms with Gasteiger partial charge in [0.1, 0.15) is 0 Å². The lowest BCUT2D eigenvalue weighted by Crippen LogP contribution is -2.44. The molecule has 1 unspecified atom stereocenters. The molecule has 158 valence electrons. The Kier molecular flexibility index (Phi) is 5.72. The summed E-state index contributed by atoms with van der Waals surface area (Å²) in [6.07, 6.45) is 6.17. The van der Waals surface area contributed by atoms with Gasteiger partial charge in [-0.25, -0.2) is 9.37 Å². The van der Waals surface area contributed by atoms with Gasteiger partial charge >= 0.3 is 0 Å². The minimum Gasteiger partial charge on any atom is -0.494 e. The van der Waals surface area contributed by atoms with Crippen LogP contribution >= 0.6 is 11.3 Å². The summed E-state index contributed by atoms with van der Waals surface area (Å²) in [4.78, 5) is 29.7. The second kappa shape index (κ2) is 8.43. The normalized spacial score (nSPS) is 18.5. The number of methoxy groups -OCH3 is 1. The summed E-state index contributed by atoms with van der Waals surface area (Å²) in [5.41, 5.74) is 1.14. The molecular formula is C21H23FN4O3S. The van der Waals surface area contributed by atoms with Crippen LogP contribution in [0.15, 0.2) is 36.0 Å². The number of benzene rings is 1. The Morgan fingerprint density at radius 1 is 1.47 bits per heavy atom. The second-order valence-corrected chi connectivity index (χ2v) is 8.45. The predicted molar refractivity (Wildman–Crippen MR) is 111 cm³/mol. The minimum atomic E-state index is -0.520. The lowest BCUT2D eigenvalue weighted by Gasteiger charge is -2.29. The van der Waals surface area contributed by atoms with E-state index in [1.54, 1.807) is 12.1 Å². The number of nitrogens with zero attached hydrogens (tertiary/aromatic N) is 2. The van der Waals surface area contributed by atoms with Crippen LogP contribution in [0.2, 0.25) is 0 Å². The van der Waals surface area contributed by atoms with E-state index in [4.69, 9.17) is 4.74 Å². The van der Waals surface area contributed by atoms with Gasteiger partial charge in [0.15, 0.2) is 16.5 Å². The highest BCUT2D eigenvalue weighted by molar-refractivity contribution is 7.15. The van der Waals surface area contributed by atoms with Crippen molar-refractivity contribution in [2.45, 2.75) is 44.2 Å². The maximum absolute atomic E-state index is 13.7. The molecule has 4 rings (SSSR count). The number of imidazole rings is 1. The largest absolute Gasteiger partial charge is 0.494 e. The summed E-state index contributed by atoms with van der Waals surface area (Å²) in [5.74, 6) is -0.375. The molecule has 0 saturated carbocycles. The van der Waals surface area contributed by atoms with Crippen molar-refractivity contribution in [2.24, 2.45) is 0 Å². The third-order valence-corrected chi connectivity index (χ3v) is 6.20. The number of rotatable bonds is 8. The molecule has 0 aliphatic carbocycles. The van der Waals surface area contributed by atoms with Gasteiger partial charge in [-0.2, -0.15) is 0 Å². The van der Waals surface area contributed by atoms with Crippen molar-refractivity contribution in [3.05, 3.63) is 53.0 Å². The molecule has 1 aliphatic heterocycles. The molecule has 3 aromatic rings. The Morgan fingerprint density at radius 2 is 2.33 bits per heavy atom. The van der Waals surface area contributed by atoms with Crippen LogP contribution in [0.3, 0.4) is 0 Å². The van der Waals surface area contributed by atoms with Crippen molar-refractivity contribution in [1.29, 1.82) is 0 Å². The fraction of sp³-hybridized carbons (Fsp3) is 0.381. The summed E-state index contributed by atoms with van der Waals surface area (Å²) < 4.78 is 20.7. The molecular weight excluding hydrogens is 407 g/mol. The summed E-state index contributed by atoms with van der Waals surface area (Å²) in [6, 6.07) is 4.70. The van der Waals surface area contributed by atoms with Crippen LogP contribution in [0.5, 0.6) is 5.75 Å². The van der Waals surface area contributed by atoms with Crippen molar-refractivity contribution in [1.82, 2.24) is 20.0 Å². The average Bonchev–Trinajstić information content (AvgIpc) is 3.42. The van der Waals surface area contributed by atoms with Crippen molar-refractivity contribution >= 4 is 28.1 Å². The smallest absolute Gasteiger partial charge is 0.220 e. The number of ether oxygens (including phenoxy) is 1. The zero-order valence-electron chi connectivity index (χ0n) is 16.6. The lowest BCUT2D eigenvalue weighted by atomic mass is 9.85. The number of hydrogen-bond acceptors (Lipinski definition) is 5. The summed E-state index contributed by atoms with van der Waals surface area (Å²) in [6.45, 7) is 0.363. The van der Waals surface area contributed by atoms with Crippen molar-refractivity contribution < 1.29 is 18.7 Å². The molecule has 0 spiro atoms. The summed E-state index contributed by atoms with van der Waals surface area (Å²) in [7, 11) is 1.42. The van der Waals surface area contributed by atoms with Gasteiger partial charge < -0.3 is 15.4 Å². The predicted octanol–water partition coefficient (Wildman–Crippen LogP) is 2.83. The van der Waals surface area contributed by atoms with Crippen molar-refractivity contribution in [3.8, 4) is 5.75 Å². The van der Waals surface area contributed by atoms with E-state index >= 15 is 0 Å². The number of carbonyl (C=O) groups is 2. The van der Waals surface area contributed by atoms with E-state index < -0.39 is 11.4 Å². The van der Waals surface area contributed by atoms with Gasteiger partial charge in [-0.3, -0.25) is 14.0 Å². The number of thiazole rings is 1. The maximum atomic E-state index is 13.7. The average molecular weight is 431 g/mol. The summed E-state index contributed by atoms with van der Waals surface area (Å²) in [5, 5.41) is 7.90. The molecule has 1 aliphatic rings. The van der Waals surface area contributed by atoms with Gasteiger partial charge in [0.05, 0.1) is 19.3 Å². The number of aromatic nitrogens is 2. The molecule has 2 N–H and O–H groups in total. The Hall–Kier alpha value is -2.94. The van der Waals surface area contributed by atoms with Gasteiger partial charge in [0, 0.05) is 36.2 Å². The van der Waals surface area contributed by atoms with Crippen LogP contribution < -0.4 is 15.4 Å².